The molecule has 1 aliphatic carbocycles. The lowest BCUT2D eigenvalue weighted by Crippen LogP contribution is -2.44. The smallest absolute Gasteiger partial charge is 0.236 e. The van der Waals surface area contributed by atoms with Crippen molar-refractivity contribution in [2.75, 3.05) is 26.2 Å². The molecule has 1 unspecified atom stereocenters. The van der Waals surface area contributed by atoms with Gasteiger partial charge < -0.3 is 16.0 Å². The van der Waals surface area contributed by atoms with E-state index in [1.54, 1.807) is 0 Å². The lowest BCUT2D eigenvalue weighted by atomic mass is 9.93. The fraction of sp³-hybridized carbons (Fsp3) is 0.857. The highest BCUT2D eigenvalue weighted by atomic mass is 35.5. The molecule has 0 bridgehead atoms. The summed E-state index contributed by atoms with van der Waals surface area (Å²) in [5, 5.41) is 3.24. The summed E-state index contributed by atoms with van der Waals surface area (Å²) >= 11 is 0. The number of nitrogens with two attached hydrogens (primary N) is 1. The van der Waals surface area contributed by atoms with Crippen molar-refractivity contribution in [3.8, 4) is 0 Å². The van der Waals surface area contributed by atoms with Gasteiger partial charge >= 0.3 is 0 Å². The van der Waals surface area contributed by atoms with Crippen LogP contribution in [0.3, 0.4) is 0 Å². The maximum absolute atomic E-state index is 12.1. The minimum absolute atomic E-state index is 0. The van der Waals surface area contributed by atoms with Gasteiger partial charge in [0, 0.05) is 19.5 Å². The van der Waals surface area contributed by atoms with E-state index in [9.17, 15) is 9.59 Å². The number of carbonyl (C=O) groups excluding carboxylic acids is 2. The number of primary amides is 1. The fourth-order valence-electron chi connectivity index (χ4n) is 2.69. The first-order valence-electron chi connectivity index (χ1n) is 7.42. The summed E-state index contributed by atoms with van der Waals surface area (Å²) in [6, 6.07) is 0. The summed E-state index contributed by atoms with van der Waals surface area (Å²) in [7, 11) is 0. The number of piperidine rings is 1. The number of rotatable bonds is 7. The van der Waals surface area contributed by atoms with E-state index in [1.165, 1.54) is 12.8 Å². The highest BCUT2D eigenvalue weighted by Crippen LogP contribution is 2.27. The second-order valence-corrected chi connectivity index (χ2v) is 5.93. The van der Waals surface area contributed by atoms with E-state index in [-0.39, 0.29) is 24.2 Å². The molecule has 3 N–H and O–H groups in total. The first-order chi connectivity index (χ1) is 9.15. The molecule has 1 saturated heterocycles. The van der Waals surface area contributed by atoms with Crippen LogP contribution in [-0.2, 0) is 9.59 Å². The van der Waals surface area contributed by atoms with Crippen LogP contribution in [0.25, 0.3) is 0 Å². The molecule has 20 heavy (non-hydrogen) atoms. The predicted octanol–water partition coefficient (Wildman–Crippen LogP) is 0.912. The summed E-state index contributed by atoms with van der Waals surface area (Å²) < 4.78 is 0. The Balaban J connectivity index is 0.00000200. The van der Waals surface area contributed by atoms with Crippen molar-refractivity contribution in [1.82, 2.24) is 10.2 Å². The van der Waals surface area contributed by atoms with Gasteiger partial charge in [-0.3, -0.25) is 9.59 Å². The molecule has 0 radical (unpaired) electrons. The average Bonchev–Trinajstić information content (AvgIpc) is 3.21. The molecule has 0 spiro atoms. The van der Waals surface area contributed by atoms with Gasteiger partial charge in [0.1, 0.15) is 0 Å². The van der Waals surface area contributed by atoms with E-state index in [0.717, 1.165) is 44.8 Å². The second kappa shape index (κ2) is 8.47. The summed E-state index contributed by atoms with van der Waals surface area (Å²) in [5.41, 5.74) is 5.17. The maximum Gasteiger partial charge on any atom is 0.236 e. The number of carbonyl (C=O) groups is 2. The maximum atomic E-state index is 12.1. The lowest BCUT2D eigenvalue weighted by Gasteiger charge is -2.32. The average molecular weight is 304 g/mol. The van der Waals surface area contributed by atoms with Crippen LogP contribution in [-0.4, -0.2) is 42.9 Å². The van der Waals surface area contributed by atoms with Crippen LogP contribution in [0.1, 0.15) is 38.5 Å². The third-order valence-corrected chi connectivity index (χ3v) is 4.08. The summed E-state index contributed by atoms with van der Waals surface area (Å²) in [6.45, 7) is 3.08. The van der Waals surface area contributed by atoms with E-state index in [4.69, 9.17) is 5.73 Å². The zero-order chi connectivity index (χ0) is 13.7. The largest absolute Gasteiger partial charge is 0.370 e. The van der Waals surface area contributed by atoms with Crippen LogP contribution >= 0.6 is 12.4 Å². The normalized spacial score (nSPS) is 22.2. The van der Waals surface area contributed by atoms with Gasteiger partial charge in [-0.05, 0) is 50.5 Å². The minimum Gasteiger partial charge on any atom is -0.370 e. The highest BCUT2D eigenvalue weighted by Gasteiger charge is 2.25. The lowest BCUT2D eigenvalue weighted by molar-refractivity contribution is -0.132. The molecule has 2 rings (SSSR count). The molecule has 0 aromatic carbocycles. The third-order valence-electron chi connectivity index (χ3n) is 4.08. The predicted molar refractivity (Wildman–Crippen MR) is 80.6 cm³/mol. The van der Waals surface area contributed by atoms with Crippen molar-refractivity contribution >= 4 is 24.2 Å². The molecule has 1 atom stereocenters. The molecule has 1 saturated carbocycles. The van der Waals surface area contributed by atoms with Gasteiger partial charge in [0.2, 0.25) is 11.8 Å². The van der Waals surface area contributed by atoms with E-state index >= 15 is 0 Å². The van der Waals surface area contributed by atoms with E-state index in [2.05, 4.69) is 5.32 Å². The van der Waals surface area contributed by atoms with Crippen molar-refractivity contribution in [1.29, 1.82) is 0 Å². The second-order valence-electron chi connectivity index (χ2n) is 5.93. The Labute approximate surface area is 127 Å². The van der Waals surface area contributed by atoms with Gasteiger partial charge in [-0.2, -0.15) is 0 Å². The van der Waals surface area contributed by atoms with Crippen LogP contribution in [0.5, 0.6) is 0 Å². The molecule has 5 nitrogen and oxygen atoms in total. The molecule has 6 heteroatoms. The van der Waals surface area contributed by atoms with Gasteiger partial charge in [0.25, 0.3) is 0 Å². The summed E-state index contributed by atoms with van der Waals surface area (Å²) in [6.07, 6.45) is 6.01. The van der Waals surface area contributed by atoms with E-state index in [0.29, 0.717) is 18.9 Å². The topological polar surface area (TPSA) is 75.4 Å². The number of hydrogen-bond donors (Lipinski definition) is 2. The zero-order valence-electron chi connectivity index (χ0n) is 12.0. The van der Waals surface area contributed by atoms with Crippen LogP contribution in [0.15, 0.2) is 0 Å². The Kier molecular flexibility index (Phi) is 7.30. The van der Waals surface area contributed by atoms with Crippen LogP contribution in [0, 0.1) is 11.8 Å². The monoisotopic (exact) mass is 303 g/mol. The number of likely N-dealkylation sites (tertiary alicyclic amines) is 1. The molecule has 2 aliphatic rings. The molecule has 1 heterocycles. The molecule has 1 aliphatic heterocycles. The van der Waals surface area contributed by atoms with Gasteiger partial charge in [0.15, 0.2) is 0 Å². The molecule has 2 fully saturated rings. The summed E-state index contributed by atoms with van der Waals surface area (Å²) in [4.78, 5) is 24.8. The highest BCUT2D eigenvalue weighted by molar-refractivity contribution is 5.85. The van der Waals surface area contributed by atoms with Gasteiger partial charge in [-0.15, -0.1) is 12.4 Å². The minimum atomic E-state index is -0.241. The van der Waals surface area contributed by atoms with Crippen molar-refractivity contribution in [3.05, 3.63) is 0 Å². The first kappa shape index (κ1) is 17.2. The Hall–Kier alpha value is -0.810. The van der Waals surface area contributed by atoms with Crippen molar-refractivity contribution in [3.63, 3.8) is 0 Å². The Morgan fingerprint density at radius 3 is 2.60 bits per heavy atom. The fourth-order valence-corrected chi connectivity index (χ4v) is 2.69. The number of amides is 2. The van der Waals surface area contributed by atoms with E-state index < -0.39 is 0 Å². The van der Waals surface area contributed by atoms with E-state index in [1.807, 2.05) is 4.90 Å². The van der Waals surface area contributed by atoms with Crippen LogP contribution in [0.4, 0.5) is 0 Å². The number of nitrogens with one attached hydrogen (secondary N) is 1. The van der Waals surface area contributed by atoms with Crippen LogP contribution < -0.4 is 11.1 Å². The SMILES string of the molecule is Cl.NC(=O)CCC1CCCN(C(=O)CNCC2CC2)C1. The Morgan fingerprint density at radius 1 is 1.20 bits per heavy atom. The van der Waals surface area contributed by atoms with Crippen LogP contribution in [0.2, 0.25) is 0 Å². The molecule has 2 amide bonds. The third kappa shape index (κ3) is 6.09. The van der Waals surface area contributed by atoms with Crippen molar-refractivity contribution < 1.29 is 9.59 Å². The van der Waals surface area contributed by atoms with Gasteiger partial charge in [-0.1, -0.05) is 0 Å². The Morgan fingerprint density at radius 2 is 1.95 bits per heavy atom. The Bertz CT molecular complexity index is 334. The van der Waals surface area contributed by atoms with Gasteiger partial charge in [0.05, 0.1) is 6.54 Å². The zero-order valence-corrected chi connectivity index (χ0v) is 12.8. The standard InChI is InChI=1S/C14H25N3O2.ClH/c15-13(18)6-5-12-2-1-7-17(10-12)14(19)9-16-8-11-3-4-11;/h11-12,16H,1-10H2,(H2,15,18);1H. The molecule has 116 valence electrons. The number of hydrogen-bond acceptors (Lipinski definition) is 3. The van der Waals surface area contributed by atoms with Gasteiger partial charge in [-0.25, -0.2) is 0 Å². The molecular weight excluding hydrogens is 278 g/mol. The molecule has 0 aromatic rings. The number of halogens is 1. The summed E-state index contributed by atoms with van der Waals surface area (Å²) in [5.74, 6) is 1.20. The first-order valence-corrected chi connectivity index (χ1v) is 7.42. The van der Waals surface area contributed by atoms with Crippen molar-refractivity contribution in [2.24, 2.45) is 17.6 Å². The quantitative estimate of drug-likeness (QED) is 0.734. The number of nitrogens with zero attached hydrogens (tertiary/aromatic N) is 1. The van der Waals surface area contributed by atoms with Crippen molar-refractivity contribution in [2.45, 2.75) is 38.5 Å². The molecular formula is C14H26ClN3O2. The molecule has 0 aromatic heterocycles.